The number of carbonyl (C=O) groups is 1. The summed E-state index contributed by atoms with van der Waals surface area (Å²) in [7, 11) is 0. The monoisotopic (exact) mass is 313 g/mol. The molecule has 0 heterocycles. The number of benzene rings is 2. The number of allylic oxidation sites excluding steroid dienone is 3. The molecule has 3 nitrogen and oxygen atoms in total. The Labute approximate surface area is 134 Å². The number of hydrogen-bond donors (Lipinski definition) is 1. The molecule has 0 spiro atoms. The first-order valence-corrected chi connectivity index (χ1v) is 7.10. The van der Waals surface area contributed by atoms with Gasteiger partial charge in [0.25, 0.3) is 5.91 Å². The lowest BCUT2D eigenvalue weighted by Crippen LogP contribution is -2.11. The molecule has 0 aliphatic rings. The molecule has 2 aromatic carbocycles. The van der Waals surface area contributed by atoms with Crippen molar-refractivity contribution >= 4 is 23.2 Å². The van der Waals surface area contributed by atoms with Gasteiger partial charge in [0.2, 0.25) is 0 Å². The van der Waals surface area contributed by atoms with Gasteiger partial charge in [-0.2, -0.15) is 0 Å². The summed E-state index contributed by atoms with van der Waals surface area (Å²) in [6.45, 7) is 5.45. The Balaban J connectivity index is 2.09. The third-order valence-corrected chi connectivity index (χ3v) is 3.08. The summed E-state index contributed by atoms with van der Waals surface area (Å²) in [5.41, 5.74) is 1.20. The second kappa shape index (κ2) is 7.48. The first kappa shape index (κ1) is 15.9. The number of carbonyl (C=O) groups excluding carboxylic acids is 1. The van der Waals surface area contributed by atoms with Crippen LogP contribution in [0.25, 0.3) is 0 Å². The van der Waals surface area contributed by atoms with Crippen LogP contribution in [-0.4, -0.2) is 5.91 Å². The second-order valence-corrected chi connectivity index (χ2v) is 5.04. The molecule has 0 atom stereocenters. The zero-order chi connectivity index (χ0) is 15.9. The number of amides is 1. The first-order valence-electron chi connectivity index (χ1n) is 6.72. The van der Waals surface area contributed by atoms with E-state index in [1.807, 2.05) is 19.1 Å². The van der Waals surface area contributed by atoms with E-state index in [0.29, 0.717) is 22.0 Å². The molecular formula is C18H16ClNO2. The van der Waals surface area contributed by atoms with Crippen molar-refractivity contribution < 1.29 is 9.53 Å². The normalized spacial score (nSPS) is 10.9. The van der Waals surface area contributed by atoms with Gasteiger partial charge in [0.15, 0.2) is 0 Å². The molecule has 0 bridgehead atoms. The van der Waals surface area contributed by atoms with Crippen LogP contribution >= 0.6 is 11.6 Å². The zero-order valence-electron chi connectivity index (χ0n) is 12.2. The third kappa shape index (κ3) is 4.50. The number of anilines is 1. The Hall–Kier alpha value is -2.52. The zero-order valence-corrected chi connectivity index (χ0v) is 12.9. The van der Waals surface area contributed by atoms with E-state index in [4.69, 9.17) is 16.3 Å². The van der Waals surface area contributed by atoms with E-state index in [1.165, 1.54) is 0 Å². The second-order valence-electron chi connectivity index (χ2n) is 4.60. The van der Waals surface area contributed by atoms with E-state index in [1.54, 1.807) is 48.6 Å². The van der Waals surface area contributed by atoms with Crippen molar-refractivity contribution in [2.75, 3.05) is 5.32 Å². The maximum atomic E-state index is 12.1. The molecule has 112 valence electrons. The van der Waals surface area contributed by atoms with Crippen LogP contribution in [0.4, 0.5) is 5.69 Å². The lowest BCUT2D eigenvalue weighted by atomic mass is 10.2. The molecule has 22 heavy (non-hydrogen) atoms. The first-order chi connectivity index (χ1) is 10.6. The van der Waals surface area contributed by atoms with E-state index in [2.05, 4.69) is 11.9 Å². The average Bonchev–Trinajstić information content (AvgIpc) is 2.48. The van der Waals surface area contributed by atoms with Crippen molar-refractivity contribution in [1.82, 2.24) is 0 Å². The van der Waals surface area contributed by atoms with Crippen LogP contribution in [0.5, 0.6) is 5.75 Å². The summed E-state index contributed by atoms with van der Waals surface area (Å²) >= 11 is 5.81. The highest BCUT2D eigenvalue weighted by molar-refractivity contribution is 6.30. The van der Waals surface area contributed by atoms with Gasteiger partial charge in [-0.05, 0) is 49.4 Å². The van der Waals surface area contributed by atoms with E-state index in [0.717, 1.165) is 5.76 Å². The lowest BCUT2D eigenvalue weighted by molar-refractivity contribution is 0.102. The van der Waals surface area contributed by atoms with Gasteiger partial charge < -0.3 is 10.1 Å². The fourth-order valence-electron chi connectivity index (χ4n) is 1.83. The molecule has 0 saturated carbocycles. The van der Waals surface area contributed by atoms with Crippen molar-refractivity contribution in [3.8, 4) is 5.75 Å². The SMILES string of the molecule is C=CC=C(C)Oc1cccc(NC(=O)c2ccc(Cl)cc2)c1. The van der Waals surface area contributed by atoms with Gasteiger partial charge >= 0.3 is 0 Å². The van der Waals surface area contributed by atoms with Crippen LogP contribution < -0.4 is 10.1 Å². The molecule has 0 aromatic heterocycles. The fourth-order valence-corrected chi connectivity index (χ4v) is 1.95. The Kier molecular flexibility index (Phi) is 5.39. The minimum Gasteiger partial charge on any atom is -0.462 e. The van der Waals surface area contributed by atoms with Gasteiger partial charge in [-0.1, -0.05) is 30.3 Å². The number of hydrogen-bond acceptors (Lipinski definition) is 2. The number of halogens is 1. The predicted octanol–water partition coefficient (Wildman–Crippen LogP) is 5.06. The van der Waals surface area contributed by atoms with Crippen LogP contribution in [0.1, 0.15) is 17.3 Å². The largest absolute Gasteiger partial charge is 0.462 e. The molecule has 0 saturated heterocycles. The maximum absolute atomic E-state index is 12.1. The number of rotatable bonds is 5. The van der Waals surface area contributed by atoms with E-state index in [-0.39, 0.29) is 5.91 Å². The van der Waals surface area contributed by atoms with E-state index < -0.39 is 0 Å². The fraction of sp³-hybridized carbons (Fsp3) is 0.0556. The van der Waals surface area contributed by atoms with E-state index in [9.17, 15) is 4.79 Å². The molecule has 0 aliphatic carbocycles. The minimum absolute atomic E-state index is 0.202. The summed E-state index contributed by atoms with van der Waals surface area (Å²) in [5, 5.41) is 3.42. The van der Waals surface area contributed by atoms with Crippen LogP contribution in [0, 0.1) is 0 Å². The standard InChI is InChI=1S/C18H16ClNO2/c1-3-5-13(2)22-17-7-4-6-16(12-17)20-18(21)14-8-10-15(19)11-9-14/h3-12H,1H2,2H3,(H,20,21). The molecule has 2 aromatic rings. The number of ether oxygens (including phenoxy) is 1. The smallest absolute Gasteiger partial charge is 0.255 e. The average molecular weight is 314 g/mol. The van der Waals surface area contributed by atoms with Crippen molar-refractivity contribution in [2.24, 2.45) is 0 Å². The van der Waals surface area contributed by atoms with Crippen LogP contribution in [0.3, 0.4) is 0 Å². The summed E-state index contributed by atoms with van der Waals surface area (Å²) in [6, 6.07) is 13.9. The molecule has 1 N–H and O–H groups in total. The topological polar surface area (TPSA) is 38.3 Å². The Bertz CT molecular complexity index is 705. The van der Waals surface area contributed by atoms with Crippen molar-refractivity contribution in [3.05, 3.63) is 83.6 Å². The predicted molar refractivity (Wildman–Crippen MR) is 90.4 cm³/mol. The van der Waals surface area contributed by atoms with Crippen LogP contribution in [0.15, 0.2) is 73.0 Å². The highest BCUT2D eigenvalue weighted by Gasteiger charge is 2.06. The van der Waals surface area contributed by atoms with Gasteiger partial charge in [-0.15, -0.1) is 0 Å². The maximum Gasteiger partial charge on any atom is 0.255 e. The van der Waals surface area contributed by atoms with Gasteiger partial charge in [-0.3, -0.25) is 4.79 Å². The van der Waals surface area contributed by atoms with Crippen molar-refractivity contribution in [2.45, 2.75) is 6.92 Å². The molecule has 1 amide bonds. The highest BCUT2D eigenvalue weighted by Crippen LogP contribution is 2.20. The quantitative estimate of drug-likeness (QED) is 0.619. The summed E-state index contributed by atoms with van der Waals surface area (Å²) in [6.07, 6.45) is 3.42. The lowest BCUT2D eigenvalue weighted by Gasteiger charge is -2.09. The summed E-state index contributed by atoms with van der Waals surface area (Å²) in [4.78, 5) is 12.1. The Morgan fingerprint density at radius 3 is 2.64 bits per heavy atom. The molecule has 0 aliphatic heterocycles. The van der Waals surface area contributed by atoms with Crippen molar-refractivity contribution in [1.29, 1.82) is 0 Å². The molecule has 0 radical (unpaired) electrons. The van der Waals surface area contributed by atoms with Gasteiger partial charge in [-0.25, -0.2) is 0 Å². The molecule has 4 heteroatoms. The Morgan fingerprint density at radius 2 is 1.95 bits per heavy atom. The summed E-state index contributed by atoms with van der Waals surface area (Å²) in [5.74, 6) is 1.16. The third-order valence-electron chi connectivity index (χ3n) is 2.83. The minimum atomic E-state index is -0.202. The Morgan fingerprint density at radius 1 is 1.23 bits per heavy atom. The highest BCUT2D eigenvalue weighted by atomic mass is 35.5. The van der Waals surface area contributed by atoms with Gasteiger partial charge in [0, 0.05) is 22.3 Å². The van der Waals surface area contributed by atoms with E-state index >= 15 is 0 Å². The molecular weight excluding hydrogens is 298 g/mol. The van der Waals surface area contributed by atoms with Crippen LogP contribution in [-0.2, 0) is 0 Å². The van der Waals surface area contributed by atoms with Gasteiger partial charge in [0.1, 0.15) is 11.5 Å². The summed E-state index contributed by atoms with van der Waals surface area (Å²) < 4.78 is 5.62. The molecule has 0 unspecified atom stereocenters. The van der Waals surface area contributed by atoms with Crippen molar-refractivity contribution in [3.63, 3.8) is 0 Å². The molecule has 2 rings (SSSR count). The number of nitrogens with one attached hydrogen (secondary N) is 1. The van der Waals surface area contributed by atoms with Gasteiger partial charge in [0.05, 0.1) is 0 Å². The molecule has 0 fully saturated rings. The van der Waals surface area contributed by atoms with Crippen LogP contribution in [0.2, 0.25) is 5.02 Å².